The van der Waals surface area contributed by atoms with Crippen LogP contribution < -0.4 is 5.11 Å². The normalized spacial score (nSPS) is 44.9. The summed E-state index contributed by atoms with van der Waals surface area (Å²) in [6, 6.07) is 6.53. The Kier molecular flexibility index (Phi) is 4.95. The molecule has 4 saturated heterocycles. The molecule has 0 aromatic heterocycles. The second-order valence-electron chi connectivity index (χ2n) is 9.57. The van der Waals surface area contributed by atoms with Crippen LogP contribution in [0.4, 0.5) is 0 Å². The third-order valence-corrected chi connectivity index (χ3v) is 7.70. The molecule has 1 spiro atoms. The lowest BCUT2D eigenvalue weighted by atomic mass is 9.58. The average molecular weight is 417 g/mol. The quantitative estimate of drug-likeness (QED) is 0.696. The first-order valence-electron chi connectivity index (χ1n) is 10.9. The van der Waals surface area contributed by atoms with Crippen molar-refractivity contribution in [3.8, 4) is 0 Å². The Balaban J connectivity index is 1.37. The largest absolute Gasteiger partial charge is 0.545 e. The highest BCUT2D eigenvalue weighted by molar-refractivity contribution is 5.85. The van der Waals surface area contributed by atoms with Crippen LogP contribution in [0.25, 0.3) is 0 Å². The van der Waals surface area contributed by atoms with Gasteiger partial charge in [-0.1, -0.05) is 38.1 Å². The number of ether oxygens (including phenoxy) is 3. The first kappa shape index (κ1) is 20.4. The van der Waals surface area contributed by atoms with E-state index in [1.54, 1.807) is 12.1 Å². The predicted molar refractivity (Wildman–Crippen MR) is 102 cm³/mol. The summed E-state index contributed by atoms with van der Waals surface area (Å²) < 4.78 is 18.9. The van der Waals surface area contributed by atoms with E-state index in [1.165, 1.54) is 12.1 Å². The Morgan fingerprint density at radius 2 is 1.90 bits per heavy atom. The SMILES string of the molecule is CC1C(OCc2ccc(C(=O)[O-])cc2)O[C@@H]2OC3(C)CC[C@H]4C(C)CCC1[C@@]24OO3. The number of carboxylic acids is 1. The third-order valence-electron chi connectivity index (χ3n) is 7.70. The molecule has 2 bridgehead atoms. The van der Waals surface area contributed by atoms with Gasteiger partial charge in [0.1, 0.15) is 0 Å². The Labute approximate surface area is 176 Å². The van der Waals surface area contributed by atoms with Gasteiger partial charge in [0, 0.05) is 18.3 Å². The van der Waals surface area contributed by atoms with Gasteiger partial charge >= 0.3 is 0 Å². The van der Waals surface area contributed by atoms with Gasteiger partial charge in [0.25, 0.3) is 0 Å². The number of carbonyl (C=O) groups is 1. The predicted octanol–water partition coefficient (Wildman–Crippen LogP) is 2.77. The molecule has 7 nitrogen and oxygen atoms in total. The van der Waals surface area contributed by atoms with Gasteiger partial charge in [-0.15, -0.1) is 0 Å². The number of aromatic carboxylic acids is 1. The molecule has 5 unspecified atom stereocenters. The zero-order valence-corrected chi connectivity index (χ0v) is 17.7. The highest BCUT2D eigenvalue weighted by Crippen LogP contribution is 2.60. The molecule has 5 fully saturated rings. The fourth-order valence-corrected chi connectivity index (χ4v) is 5.98. The lowest BCUT2D eigenvalue weighted by Gasteiger charge is -2.60. The van der Waals surface area contributed by atoms with Crippen LogP contribution in [-0.4, -0.2) is 29.9 Å². The molecule has 164 valence electrons. The molecule has 1 aliphatic carbocycles. The van der Waals surface area contributed by atoms with Crippen molar-refractivity contribution in [3.63, 3.8) is 0 Å². The standard InChI is InChI=1S/C23H30O7/c1-13-4-9-18-14(2)20(26-12-15-5-7-16(8-6-15)19(24)25)27-21-23(18)17(13)10-11-22(3,28-21)29-30-23/h5-8,13-14,17-18,20-21H,4,9-12H2,1-3H3,(H,24,25)/p-1/t13?,14?,17-,18?,20?,21+,22?,23+/m0/s1. The lowest BCUT2D eigenvalue weighted by Crippen LogP contribution is -2.70. The molecule has 0 radical (unpaired) electrons. The van der Waals surface area contributed by atoms with E-state index >= 15 is 0 Å². The highest BCUT2D eigenvalue weighted by atomic mass is 17.3. The zero-order chi connectivity index (χ0) is 21.1. The molecule has 0 N–H and O–H groups in total. The van der Waals surface area contributed by atoms with E-state index in [2.05, 4.69) is 13.8 Å². The number of carboxylic acid groups (broad SMARTS) is 1. The summed E-state index contributed by atoms with van der Waals surface area (Å²) in [7, 11) is 0. The molecule has 1 aromatic carbocycles. The van der Waals surface area contributed by atoms with Gasteiger partial charge in [0.05, 0.1) is 12.6 Å². The van der Waals surface area contributed by atoms with Crippen molar-refractivity contribution < 1.29 is 33.9 Å². The van der Waals surface area contributed by atoms with Crippen LogP contribution in [0.2, 0.25) is 0 Å². The van der Waals surface area contributed by atoms with Gasteiger partial charge in [0.15, 0.2) is 18.2 Å². The maximum atomic E-state index is 10.9. The summed E-state index contributed by atoms with van der Waals surface area (Å²) in [5.41, 5.74) is 0.433. The molecule has 7 heteroatoms. The van der Waals surface area contributed by atoms with Crippen LogP contribution in [-0.2, 0) is 30.6 Å². The molecular formula is C23H29O7-. The van der Waals surface area contributed by atoms with Crippen molar-refractivity contribution in [2.24, 2.45) is 23.7 Å². The van der Waals surface area contributed by atoms with E-state index in [1.807, 2.05) is 6.92 Å². The Morgan fingerprint density at radius 3 is 2.63 bits per heavy atom. The minimum absolute atomic E-state index is 0.105. The molecule has 8 atom stereocenters. The Morgan fingerprint density at radius 1 is 1.13 bits per heavy atom. The minimum Gasteiger partial charge on any atom is -0.545 e. The molecule has 4 aliphatic heterocycles. The van der Waals surface area contributed by atoms with E-state index in [9.17, 15) is 9.90 Å². The summed E-state index contributed by atoms with van der Waals surface area (Å²) in [5, 5.41) is 10.9. The van der Waals surface area contributed by atoms with E-state index in [0.29, 0.717) is 18.4 Å². The van der Waals surface area contributed by atoms with Crippen molar-refractivity contribution in [1.82, 2.24) is 0 Å². The second kappa shape index (κ2) is 7.28. The first-order valence-corrected chi connectivity index (χ1v) is 10.9. The molecule has 4 heterocycles. The number of rotatable bonds is 4. The second-order valence-corrected chi connectivity index (χ2v) is 9.57. The van der Waals surface area contributed by atoms with Gasteiger partial charge in [-0.2, -0.15) is 0 Å². The van der Waals surface area contributed by atoms with E-state index in [4.69, 9.17) is 24.0 Å². The molecule has 5 aliphatic rings. The lowest BCUT2D eigenvalue weighted by molar-refractivity contribution is -0.577. The van der Waals surface area contributed by atoms with Gasteiger partial charge in [0.2, 0.25) is 5.79 Å². The van der Waals surface area contributed by atoms with Crippen LogP contribution in [0.5, 0.6) is 0 Å². The fraction of sp³-hybridized carbons (Fsp3) is 0.696. The maximum Gasteiger partial charge on any atom is 0.201 e. The van der Waals surface area contributed by atoms with Crippen LogP contribution in [0, 0.1) is 23.7 Å². The van der Waals surface area contributed by atoms with Crippen molar-refractivity contribution >= 4 is 5.97 Å². The summed E-state index contributed by atoms with van der Waals surface area (Å²) in [4.78, 5) is 22.9. The van der Waals surface area contributed by atoms with Gasteiger partial charge in [-0.3, -0.25) is 0 Å². The average Bonchev–Trinajstić information content (AvgIpc) is 2.96. The van der Waals surface area contributed by atoms with Crippen LogP contribution in [0.3, 0.4) is 0 Å². The smallest absolute Gasteiger partial charge is 0.201 e. The number of carbonyl (C=O) groups excluding carboxylic acids is 1. The molecule has 1 saturated carbocycles. The van der Waals surface area contributed by atoms with Crippen LogP contribution >= 0.6 is 0 Å². The topological polar surface area (TPSA) is 86.3 Å². The Bertz CT molecular complexity index is 810. The fourth-order valence-electron chi connectivity index (χ4n) is 5.98. The van der Waals surface area contributed by atoms with Gasteiger partial charge < -0.3 is 24.1 Å². The molecule has 0 amide bonds. The number of fused-ring (bicyclic) bond motifs is 2. The van der Waals surface area contributed by atoms with Gasteiger partial charge in [-0.05, 0) is 49.1 Å². The molecule has 6 rings (SSSR count). The van der Waals surface area contributed by atoms with E-state index in [0.717, 1.165) is 31.2 Å². The van der Waals surface area contributed by atoms with Crippen molar-refractivity contribution in [2.75, 3.05) is 0 Å². The number of hydrogen-bond donors (Lipinski definition) is 0. The Hall–Kier alpha value is -1.51. The maximum absolute atomic E-state index is 10.9. The van der Waals surface area contributed by atoms with Crippen LogP contribution in [0.1, 0.15) is 62.4 Å². The minimum atomic E-state index is -1.19. The van der Waals surface area contributed by atoms with E-state index < -0.39 is 29.9 Å². The highest BCUT2D eigenvalue weighted by Gasteiger charge is 2.69. The van der Waals surface area contributed by atoms with Crippen molar-refractivity contribution in [2.45, 2.75) is 77.0 Å². The molecule has 30 heavy (non-hydrogen) atoms. The number of hydrogen-bond acceptors (Lipinski definition) is 7. The zero-order valence-electron chi connectivity index (χ0n) is 17.7. The van der Waals surface area contributed by atoms with Gasteiger partial charge in [-0.25, -0.2) is 9.78 Å². The van der Waals surface area contributed by atoms with E-state index in [-0.39, 0.29) is 17.4 Å². The summed E-state index contributed by atoms with van der Waals surface area (Å²) in [6.07, 6.45) is 2.97. The molecule has 1 aromatic rings. The van der Waals surface area contributed by atoms with Crippen molar-refractivity contribution in [3.05, 3.63) is 35.4 Å². The molecular weight excluding hydrogens is 388 g/mol. The first-order chi connectivity index (χ1) is 14.3. The number of benzene rings is 1. The summed E-state index contributed by atoms with van der Waals surface area (Å²) in [5.74, 6) is -0.824. The summed E-state index contributed by atoms with van der Waals surface area (Å²) in [6.45, 7) is 6.67. The van der Waals surface area contributed by atoms with Crippen LogP contribution in [0.15, 0.2) is 24.3 Å². The summed E-state index contributed by atoms with van der Waals surface area (Å²) >= 11 is 0. The van der Waals surface area contributed by atoms with Crippen molar-refractivity contribution in [1.29, 1.82) is 0 Å². The monoisotopic (exact) mass is 417 g/mol. The third kappa shape index (κ3) is 3.10.